The van der Waals surface area contributed by atoms with E-state index in [2.05, 4.69) is 20.8 Å². The maximum absolute atomic E-state index is 12.3. The summed E-state index contributed by atoms with van der Waals surface area (Å²) in [5, 5.41) is 13.8. The third-order valence-corrected chi connectivity index (χ3v) is 6.07. The van der Waals surface area contributed by atoms with Gasteiger partial charge in [0.15, 0.2) is 4.34 Å². The third kappa shape index (κ3) is 6.03. The van der Waals surface area contributed by atoms with Gasteiger partial charge < -0.3 is 15.4 Å². The molecule has 3 rings (SSSR count). The highest BCUT2D eigenvalue weighted by Crippen LogP contribution is 2.23. The lowest BCUT2D eigenvalue weighted by molar-refractivity contribution is -0.118. The lowest BCUT2D eigenvalue weighted by Gasteiger charge is -2.07. The van der Waals surface area contributed by atoms with E-state index in [0.29, 0.717) is 22.3 Å². The van der Waals surface area contributed by atoms with Crippen LogP contribution in [0.4, 0.5) is 5.69 Å². The second kappa shape index (κ2) is 10.0. The Morgan fingerprint density at radius 3 is 2.59 bits per heavy atom. The lowest BCUT2D eigenvalue weighted by atomic mass is 10.1. The number of ether oxygens (including phenoxy) is 1. The van der Waals surface area contributed by atoms with Crippen LogP contribution < -0.4 is 15.4 Å². The number of hydrogen-bond donors (Lipinski definition) is 2. The number of amides is 2. The first kappa shape index (κ1) is 20.8. The summed E-state index contributed by atoms with van der Waals surface area (Å²) in [6.07, 6.45) is 0. The number of aromatic nitrogens is 2. The fraction of sp³-hybridized carbons (Fsp3) is 0.200. The van der Waals surface area contributed by atoms with Crippen molar-refractivity contribution in [3.63, 3.8) is 0 Å². The largest absolute Gasteiger partial charge is 0.497 e. The quantitative estimate of drug-likeness (QED) is 0.533. The van der Waals surface area contributed by atoms with Crippen LogP contribution >= 0.6 is 23.1 Å². The molecule has 29 heavy (non-hydrogen) atoms. The summed E-state index contributed by atoms with van der Waals surface area (Å²) in [7, 11) is 1.58. The average molecular weight is 429 g/mol. The average Bonchev–Trinajstić information content (AvgIpc) is 3.21. The van der Waals surface area contributed by atoms with Crippen molar-refractivity contribution in [2.45, 2.75) is 17.8 Å². The molecule has 0 unspecified atom stereocenters. The molecular weight excluding hydrogens is 408 g/mol. The lowest BCUT2D eigenvalue weighted by Crippen LogP contribution is -2.24. The summed E-state index contributed by atoms with van der Waals surface area (Å²) < 4.78 is 5.65. The number of nitrogens with one attached hydrogen (secondary N) is 2. The highest BCUT2D eigenvalue weighted by molar-refractivity contribution is 8.01. The zero-order chi connectivity index (χ0) is 20.6. The van der Waals surface area contributed by atoms with Gasteiger partial charge in [0.2, 0.25) is 10.9 Å². The molecule has 0 aliphatic rings. The van der Waals surface area contributed by atoms with Crippen LogP contribution in [0.1, 0.15) is 20.9 Å². The number of thioether (sulfide) groups is 1. The molecule has 150 valence electrons. The maximum atomic E-state index is 12.3. The van der Waals surface area contributed by atoms with Crippen LogP contribution in [0.25, 0.3) is 0 Å². The molecule has 7 nitrogen and oxygen atoms in total. The van der Waals surface area contributed by atoms with E-state index in [1.165, 1.54) is 11.8 Å². The number of carbonyl (C=O) groups is 2. The van der Waals surface area contributed by atoms with E-state index in [-0.39, 0.29) is 22.6 Å². The van der Waals surface area contributed by atoms with E-state index in [4.69, 9.17) is 4.74 Å². The first-order chi connectivity index (χ1) is 14.0. The molecule has 0 aliphatic carbocycles. The van der Waals surface area contributed by atoms with Gasteiger partial charge in [-0.05, 0) is 42.3 Å². The van der Waals surface area contributed by atoms with Crippen LogP contribution in [0.5, 0.6) is 5.75 Å². The predicted molar refractivity (Wildman–Crippen MR) is 115 cm³/mol. The maximum Gasteiger partial charge on any atom is 0.286 e. The normalized spacial score (nSPS) is 10.4. The molecule has 3 aromatic rings. The second-order valence-electron chi connectivity index (χ2n) is 6.05. The Hall–Kier alpha value is -2.91. The van der Waals surface area contributed by atoms with E-state index in [9.17, 15) is 9.59 Å². The minimum atomic E-state index is -0.344. The zero-order valence-electron chi connectivity index (χ0n) is 16.0. The van der Waals surface area contributed by atoms with Crippen molar-refractivity contribution in [2.24, 2.45) is 0 Å². The fourth-order valence-electron chi connectivity index (χ4n) is 2.40. The number of methoxy groups -OCH3 is 1. The van der Waals surface area contributed by atoms with Crippen molar-refractivity contribution < 1.29 is 14.3 Å². The van der Waals surface area contributed by atoms with Gasteiger partial charge >= 0.3 is 0 Å². The molecular formula is C20H20N4O3S2. The van der Waals surface area contributed by atoms with E-state index >= 15 is 0 Å². The van der Waals surface area contributed by atoms with Crippen LogP contribution in [0.2, 0.25) is 0 Å². The van der Waals surface area contributed by atoms with Gasteiger partial charge in [0.25, 0.3) is 5.91 Å². The van der Waals surface area contributed by atoms with Crippen molar-refractivity contribution in [1.29, 1.82) is 0 Å². The summed E-state index contributed by atoms with van der Waals surface area (Å²) in [5.74, 6) is 0.472. The van der Waals surface area contributed by atoms with Gasteiger partial charge in [0.05, 0.1) is 12.9 Å². The topological polar surface area (TPSA) is 93.2 Å². The molecule has 0 radical (unpaired) electrons. The molecule has 9 heteroatoms. The Morgan fingerprint density at radius 1 is 1.10 bits per heavy atom. The number of hydrogen-bond acceptors (Lipinski definition) is 7. The standard InChI is InChI=1S/C20H20N4O3S2/c1-13-5-3-4-6-14(13)11-21-17(25)12-28-20-24-23-19(29-20)18(26)22-15-7-9-16(27-2)10-8-15/h3-10H,11-12H2,1-2H3,(H,21,25)(H,22,26). The van der Waals surface area contributed by atoms with E-state index in [1.807, 2.05) is 31.2 Å². The fourth-order valence-corrected chi connectivity index (χ4v) is 3.98. The Kier molecular flexibility index (Phi) is 7.20. The summed E-state index contributed by atoms with van der Waals surface area (Å²) >= 11 is 2.40. The summed E-state index contributed by atoms with van der Waals surface area (Å²) in [5.41, 5.74) is 2.85. The van der Waals surface area contributed by atoms with Crippen LogP contribution in [0.3, 0.4) is 0 Å². The van der Waals surface area contributed by atoms with Gasteiger partial charge in [0.1, 0.15) is 5.75 Å². The number of aryl methyl sites for hydroxylation is 1. The minimum Gasteiger partial charge on any atom is -0.497 e. The van der Waals surface area contributed by atoms with Crippen molar-refractivity contribution in [3.8, 4) is 5.75 Å². The first-order valence-electron chi connectivity index (χ1n) is 8.78. The molecule has 0 spiro atoms. The molecule has 1 aromatic heterocycles. The number of nitrogens with zero attached hydrogens (tertiary/aromatic N) is 2. The molecule has 2 amide bonds. The van der Waals surface area contributed by atoms with Gasteiger partial charge in [-0.1, -0.05) is 47.4 Å². The van der Waals surface area contributed by atoms with Gasteiger partial charge in [-0.2, -0.15) is 0 Å². The molecule has 2 aromatic carbocycles. The van der Waals surface area contributed by atoms with E-state index in [1.54, 1.807) is 31.4 Å². The molecule has 0 fully saturated rings. The van der Waals surface area contributed by atoms with Crippen molar-refractivity contribution in [1.82, 2.24) is 15.5 Å². The number of anilines is 1. The van der Waals surface area contributed by atoms with E-state index < -0.39 is 0 Å². The van der Waals surface area contributed by atoms with Crippen molar-refractivity contribution in [2.75, 3.05) is 18.2 Å². The van der Waals surface area contributed by atoms with Crippen molar-refractivity contribution >= 4 is 40.6 Å². The number of benzene rings is 2. The first-order valence-corrected chi connectivity index (χ1v) is 10.6. The molecule has 0 bridgehead atoms. The second-order valence-corrected chi connectivity index (χ2v) is 8.25. The molecule has 0 aliphatic heterocycles. The Morgan fingerprint density at radius 2 is 1.86 bits per heavy atom. The molecule has 0 atom stereocenters. The third-order valence-electron chi connectivity index (χ3n) is 4.01. The summed E-state index contributed by atoms with van der Waals surface area (Å²) in [6, 6.07) is 14.9. The number of carbonyl (C=O) groups excluding carboxylic acids is 2. The number of rotatable bonds is 8. The van der Waals surface area contributed by atoms with Gasteiger partial charge in [0, 0.05) is 12.2 Å². The highest BCUT2D eigenvalue weighted by atomic mass is 32.2. The smallest absolute Gasteiger partial charge is 0.286 e. The predicted octanol–water partition coefficient (Wildman–Crippen LogP) is 3.52. The highest BCUT2D eigenvalue weighted by Gasteiger charge is 2.14. The van der Waals surface area contributed by atoms with Gasteiger partial charge in [-0.25, -0.2) is 0 Å². The van der Waals surface area contributed by atoms with E-state index in [0.717, 1.165) is 22.5 Å². The molecule has 2 N–H and O–H groups in total. The summed E-state index contributed by atoms with van der Waals surface area (Å²) in [4.78, 5) is 24.4. The van der Waals surface area contributed by atoms with Gasteiger partial charge in [-0.3, -0.25) is 9.59 Å². The molecule has 0 saturated heterocycles. The monoisotopic (exact) mass is 428 g/mol. The minimum absolute atomic E-state index is 0.0994. The Balaban J connectivity index is 1.47. The Labute approximate surface area is 176 Å². The van der Waals surface area contributed by atoms with Gasteiger partial charge in [-0.15, -0.1) is 10.2 Å². The van der Waals surface area contributed by atoms with Crippen LogP contribution in [-0.2, 0) is 11.3 Å². The van der Waals surface area contributed by atoms with Crippen LogP contribution in [0, 0.1) is 6.92 Å². The van der Waals surface area contributed by atoms with Crippen LogP contribution in [-0.4, -0.2) is 34.9 Å². The summed E-state index contributed by atoms with van der Waals surface area (Å²) in [6.45, 7) is 2.49. The Bertz CT molecular complexity index is 989. The molecule has 1 heterocycles. The van der Waals surface area contributed by atoms with Crippen LogP contribution in [0.15, 0.2) is 52.9 Å². The van der Waals surface area contributed by atoms with Crippen molar-refractivity contribution in [3.05, 3.63) is 64.7 Å². The zero-order valence-corrected chi connectivity index (χ0v) is 17.6. The SMILES string of the molecule is COc1ccc(NC(=O)c2nnc(SCC(=O)NCc3ccccc3C)s2)cc1. The molecule has 0 saturated carbocycles.